The molecule has 19 heavy (non-hydrogen) atoms. The van der Waals surface area contributed by atoms with Crippen molar-refractivity contribution in [2.24, 2.45) is 5.73 Å². The summed E-state index contributed by atoms with van der Waals surface area (Å²) >= 11 is 1.63. The van der Waals surface area contributed by atoms with Crippen LogP contribution in [0.2, 0.25) is 0 Å². The van der Waals surface area contributed by atoms with Gasteiger partial charge in [-0.2, -0.15) is 11.8 Å². The van der Waals surface area contributed by atoms with Crippen molar-refractivity contribution in [3.63, 3.8) is 0 Å². The van der Waals surface area contributed by atoms with Crippen LogP contribution in [0, 0.1) is 0 Å². The van der Waals surface area contributed by atoms with Gasteiger partial charge in [0, 0.05) is 18.1 Å². The molecule has 0 aliphatic carbocycles. The molecule has 1 heterocycles. The second kappa shape index (κ2) is 7.72. The van der Waals surface area contributed by atoms with Gasteiger partial charge in [-0.15, -0.1) is 0 Å². The van der Waals surface area contributed by atoms with Crippen molar-refractivity contribution in [3.8, 4) is 0 Å². The first-order chi connectivity index (χ1) is 9.00. The zero-order valence-electron chi connectivity index (χ0n) is 10.3. The number of rotatable bonds is 5. The average Bonchev–Trinajstić information content (AvgIpc) is 2.34. The van der Waals surface area contributed by atoms with Gasteiger partial charge in [0.25, 0.3) is 0 Å². The SMILES string of the molecule is NC(=O)OCCNC(=O)N1CCSCC1CC(=O)O. The minimum atomic E-state index is -0.928. The molecule has 0 radical (unpaired) electrons. The topological polar surface area (TPSA) is 122 Å². The summed E-state index contributed by atoms with van der Waals surface area (Å²) in [6.45, 7) is 0.642. The fourth-order valence-corrected chi connectivity index (χ4v) is 2.77. The lowest BCUT2D eigenvalue weighted by molar-refractivity contribution is -0.138. The maximum absolute atomic E-state index is 11.9. The van der Waals surface area contributed by atoms with Crippen LogP contribution in [0.4, 0.5) is 9.59 Å². The molecule has 1 saturated heterocycles. The van der Waals surface area contributed by atoms with E-state index in [4.69, 9.17) is 10.8 Å². The molecule has 8 nitrogen and oxygen atoms in total. The molecule has 1 rings (SSSR count). The molecular weight excluding hydrogens is 274 g/mol. The average molecular weight is 291 g/mol. The van der Waals surface area contributed by atoms with Gasteiger partial charge < -0.3 is 25.8 Å². The van der Waals surface area contributed by atoms with E-state index in [1.807, 2.05) is 0 Å². The predicted octanol–water partition coefficient (Wildman–Crippen LogP) is -0.317. The van der Waals surface area contributed by atoms with E-state index in [1.54, 1.807) is 11.8 Å². The fraction of sp³-hybridized carbons (Fsp3) is 0.700. The number of carbonyl (C=O) groups is 3. The Labute approximate surface area is 114 Å². The van der Waals surface area contributed by atoms with Crippen LogP contribution in [0.15, 0.2) is 0 Å². The van der Waals surface area contributed by atoms with Crippen LogP contribution in [-0.2, 0) is 9.53 Å². The number of carboxylic acid groups (broad SMARTS) is 1. The summed E-state index contributed by atoms with van der Waals surface area (Å²) in [5.41, 5.74) is 4.78. The second-order valence-electron chi connectivity index (χ2n) is 3.92. The number of nitrogens with two attached hydrogens (primary N) is 1. The Morgan fingerprint density at radius 3 is 2.84 bits per heavy atom. The van der Waals surface area contributed by atoms with E-state index in [-0.39, 0.29) is 31.6 Å². The molecule has 9 heteroatoms. The molecule has 1 aliphatic rings. The zero-order valence-corrected chi connectivity index (χ0v) is 11.1. The van der Waals surface area contributed by atoms with Crippen molar-refractivity contribution in [2.75, 3.05) is 31.2 Å². The molecule has 0 bridgehead atoms. The Kier molecular flexibility index (Phi) is 6.26. The van der Waals surface area contributed by atoms with Crippen LogP contribution in [0.3, 0.4) is 0 Å². The number of thioether (sulfide) groups is 1. The van der Waals surface area contributed by atoms with E-state index in [0.29, 0.717) is 12.3 Å². The number of carbonyl (C=O) groups excluding carboxylic acids is 2. The van der Waals surface area contributed by atoms with Crippen LogP contribution >= 0.6 is 11.8 Å². The van der Waals surface area contributed by atoms with Crippen LogP contribution in [-0.4, -0.2) is 65.3 Å². The largest absolute Gasteiger partial charge is 0.481 e. The molecular formula is C10H17N3O5S. The van der Waals surface area contributed by atoms with Gasteiger partial charge in [-0.3, -0.25) is 4.79 Å². The van der Waals surface area contributed by atoms with Crippen molar-refractivity contribution in [2.45, 2.75) is 12.5 Å². The van der Waals surface area contributed by atoms with Crippen molar-refractivity contribution in [1.82, 2.24) is 10.2 Å². The molecule has 0 aromatic rings. The smallest absolute Gasteiger partial charge is 0.404 e. The number of primary amides is 1. The molecule has 1 atom stereocenters. The van der Waals surface area contributed by atoms with E-state index >= 15 is 0 Å². The van der Waals surface area contributed by atoms with Gasteiger partial charge in [0.1, 0.15) is 6.61 Å². The van der Waals surface area contributed by atoms with E-state index < -0.39 is 12.1 Å². The number of nitrogens with zero attached hydrogens (tertiary/aromatic N) is 1. The quantitative estimate of drug-likeness (QED) is 0.597. The van der Waals surface area contributed by atoms with Gasteiger partial charge in [0.05, 0.1) is 19.0 Å². The monoisotopic (exact) mass is 291 g/mol. The van der Waals surface area contributed by atoms with E-state index in [9.17, 15) is 14.4 Å². The molecule has 0 aromatic carbocycles. The van der Waals surface area contributed by atoms with Crippen LogP contribution in [0.5, 0.6) is 0 Å². The van der Waals surface area contributed by atoms with Gasteiger partial charge in [-0.25, -0.2) is 9.59 Å². The van der Waals surface area contributed by atoms with Gasteiger partial charge in [-0.1, -0.05) is 0 Å². The number of hydrogen-bond acceptors (Lipinski definition) is 5. The Balaban J connectivity index is 2.38. The third kappa shape index (κ3) is 5.69. The highest BCUT2D eigenvalue weighted by molar-refractivity contribution is 7.99. The molecule has 1 unspecified atom stereocenters. The summed E-state index contributed by atoms with van der Waals surface area (Å²) in [5, 5.41) is 11.4. The lowest BCUT2D eigenvalue weighted by atomic mass is 10.2. The van der Waals surface area contributed by atoms with Crippen molar-refractivity contribution >= 4 is 29.9 Å². The molecule has 0 aromatic heterocycles. The molecule has 108 valence electrons. The second-order valence-corrected chi connectivity index (χ2v) is 5.07. The van der Waals surface area contributed by atoms with Crippen LogP contribution in [0.25, 0.3) is 0 Å². The molecule has 0 spiro atoms. The highest BCUT2D eigenvalue weighted by Gasteiger charge is 2.28. The maximum atomic E-state index is 11.9. The molecule has 4 N–H and O–H groups in total. The number of aliphatic carboxylic acids is 1. The minimum absolute atomic E-state index is 0.00669. The number of carboxylic acids is 1. The first-order valence-corrected chi connectivity index (χ1v) is 6.92. The number of hydrogen-bond donors (Lipinski definition) is 3. The van der Waals surface area contributed by atoms with Gasteiger partial charge in [0.15, 0.2) is 0 Å². The maximum Gasteiger partial charge on any atom is 0.404 e. The summed E-state index contributed by atoms with van der Waals surface area (Å²) in [7, 11) is 0. The number of urea groups is 1. The van der Waals surface area contributed by atoms with Crippen molar-refractivity contribution in [3.05, 3.63) is 0 Å². The normalized spacial score (nSPS) is 18.7. The Morgan fingerprint density at radius 2 is 2.21 bits per heavy atom. The minimum Gasteiger partial charge on any atom is -0.481 e. The summed E-state index contributed by atoms with van der Waals surface area (Å²) in [4.78, 5) is 34.4. The number of amides is 3. The predicted molar refractivity (Wildman–Crippen MR) is 69.0 cm³/mol. The molecule has 1 fully saturated rings. The standard InChI is InChI=1S/C10H17N3O5S/c11-9(16)18-3-1-12-10(17)13-2-4-19-6-7(13)5-8(14)15/h7H,1-6H2,(H2,11,16)(H,12,17)(H,14,15). The lowest BCUT2D eigenvalue weighted by Gasteiger charge is -2.34. The van der Waals surface area contributed by atoms with E-state index in [1.165, 1.54) is 4.90 Å². The number of nitrogens with one attached hydrogen (secondary N) is 1. The van der Waals surface area contributed by atoms with Gasteiger partial charge in [0.2, 0.25) is 0 Å². The summed E-state index contributed by atoms with van der Waals surface area (Å²) < 4.78 is 4.48. The highest BCUT2D eigenvalue weighted by atomic mass is 32.2. The molecule has 3 amide bonds. The van der Waals surface area contributed by atoms with Crippen LogP contribution < -0.4 is 11.1 Å². The fourth-order valence-electron chi connectivity index (χ4n) is 1.70. The first-order valence-electron chi connectivity index (χ1n) is 5.77. The van der Waals surface area contributed by atoms with E-state index in [2.05, 4.69) is 10.1 Å². The molecule has 0 saturated carbocycles. The first kappa shape index (κ1) is 15.4. The summed E-state index contributed by atoms with van der Waals surface area (Å²) in [6, 6.07) is -0.659. The molecule has 1 aliphatic heterocycles. The van der Waals surface area contributed by atoms with Crippen LogP contribution in [0.1, 0.15) is 6.42 Å². The zero-order chi connectivity index (χ0) is 14.3. The number of ether oxygens (including phenoxy) is 1. The Bertz CT molecular complexity index is 352. The van der Waals surface area contributed by atoms with Crippen molar-refractivity contribution in [1.29, 1.82) is 0 Å². The van der Waals surface area contributed by atoms with Gasteiger partial charge in [-0.05, 0) is 0 Å². The lowest BCUT2D eigenvalue weighted by Crippen LogP contribution is -2.51. The van der Waals surface area contributed by atoms with Crippen molar-refractivity contribution < 1.29 is 24.2 Å². The van der Waals surface area contributed by atoms with E-state index in [0.717, 1.165) is 5.75 Å². The Morgan fingerprint density at radius 1 is 1.47 bits per heavy atom. The third-order valence-electron chi connectivity index (χ3n) is 2.52. The summed E-state index contributed by atoms with van der Waals surface area (Å²) in [5.74, 6) is 0.459. The van der Waals surface area contributed by atoms with Gasteiger partial charge >= 0.3 is 18.1 Å². The summed E-state index contributed by atoms with van der Waals surface area (Å²) in [6.07, 6.45) is -0.967. The highest BCUT2D eigenvalue weighted by Crippen LogP contribution is 2.18. The third-order valence-corrected chi connectivity index (χ3v) is 3.61. The Hall–Kier alpha value is -1.64.